The second-order valence-corrected chi connectivity index (χ2v) is 5.94. The third kappa shape index (κ3) is 3.48. The molecule has 0 saturated heterocycles. The molecule has 0 saturated carbocycles. The van der Waals surface area contributed by atoms with Crippen molar-refractivity contribution >= 4 is 5.91 Å². The molecule has 6 heteroatoms. The highest BCUT2D eigenvalue weighted by molar-refractivity contribution is 5.76. The van der Waals surface area contributed by atoms with Crippen LogP contribution in [-0.4, -0.2) is 17.1 Å². The molecule has 1 aliphatic rings. The summed E-state index contributed by atoms with van der Waals surface area (Å²) in [7, 11) is 0. The molecule has 0 bridgehead atoms. The van der Waals surface area contributed by atoms with Crippen LogP contribution in [0.15, 0.2) is 41.3 Å². The maximum absolute atomic E-state index is 13.9. The summed E-state index contributed by atoms with van der Waals surface area (Å²) >= 11 is 0. The van der Waals surface area contributed by atoms with Gasteiger partial charge in [-0.3, -0.25) is 9.59 Å². The van der Waals surface area contributed by atoms with Crippen LogP contribution in [0.3, 0.4) is 0 Å². The van der Waals surface area contributed by atoms with Crippen LogP contribution in [0.1, 0.15) is 30.0 Å². The van der Waals surface area contributed by atoms with E-state index in [1.165, 1.54) is 16.7 Å². The van der Waals surface area contributed by atoms with Crippen LogP contribution < -0.4 is 15.6 Å². The smallest absolute Gasteiger partial charge is 0.251 e. The molecule has 1 N–H and O–H groups in total. The Morgan fingerprint density at radius 1 is 1.42 bits per heavy atom. The van der Waals surface area contributed by atoms with Gasteiger partial charge in [-0.2, -0.15) is 0 Å². The Morgan fingerprint density at radius 2 is 2.25 bits per heavy atom. The van der Waals surface area contributed by atoms with Crippen molar-refractivity contribution in [2.75, 3.05) is 6.61 Å². The van der Waals surface area contributed by atoms with Gasteiger partial charge < -0.3 is 14.6 Å². The maximum Gasteiger partial charge on any atom is 0.251 e. The number of benzene rings is 1. The third-order valence-corrected chi connectivity index (χ3v) is 4.06. The largest absolute Gasteiger partial charge is 0.490 e. The summed E-state index contributed by atoms with van der Waals surface area (Å²) in [5, 5.41) is 2.89. The predicted octanol–water partition coefficient (Wildman–Crippen LogP) is 2.33. The zero-order valence-electron chi connectivity index (χ0n) is 13.4. The van der Waals surface area contributed by atoms with Crippen LogP contribution in [0.4, 0.5) is 4.39 Å². The lowest BCUT2D eigenvalue weighted by Gasteiger charge is -2.19. The summed E-state index contributed by atoms with van der Waals surface area (Å²) < 4.78 is 20.7. The average Bonchev–Trinajstić information content (AvgIpc) is 2.74. The summed E-state index contributed by atoms with van der Waals surface area (Å²) in [5.74, 6) is -0.515. The molecule has 1 amide bonds. The molecular formula is C18H19FN2O3. The molecule has 126 valence electrons. The number of carbonyl (C=O) groups is 1. The second kappa shape index (κ2) is 6.86. The fraction of sp³-hybridized carbons (Fsp3) is 0.333. The lowest BCUT2D eigenvalue weighted by Crippen LogP contribution is -2.34. The standard InChI is InChI=1S/C18H19FN2O3/c1-12-7-8-21(17(23)10-12)11-16(22)20-15-6-3-9-24-18-13(15)4-2-5-14(18)19/h2,4-5,7-8,10,15H,3,6,9,11H2,1H3,(H,20,22). The highest BCUT2D eigenvalue weighted by atomic mass is 19.1. The Kier molecular flexibility index (Phi) is 4.64. The van der Waals surface area contributed by atoms with Crippen LogP contribution in [0.2, 0.25) is 0 Å². The first-order valence-corrected chi connectivity index (χ1v) is 7.92. The van der Waals surface area contributed by atoms with Crippen molar-refractivity contribution in [2.45, 2.75) is 32.4 Å². The van der Waals surface area contributed by atoms with E-state index in [2.05, 4.69) is 5.32 Å². The lowest BCUT2D eigenvalue weighted by molar-refractivity contribution is -0.122. The molecule has 1 unspecified atom stereocenters. The molecule has 1 aliphatic heterocycles. The number of aryl methyl sites for hydroxylation is 1. The number of aromatic nitrogens is 1. The summed E-state index contributed by atoms with van der Waals surface area (Å²) in [5.41, 5.74) is 1.26. The van der Waals surface area contributed by atoms with Gasteiger partial charge in [-0.1, -0.05) is 12.1 Å². The Bertz CT molecular complexity index is 816. The number of fused-ring (bicyclic) bond motifs is 1. The van der Waals surface area contributed by atoms with E-state index in [-0.39, 0.29) is 29.8 Å². The number of hydrogen-bond donors (Lipinski definition) is 1. The molecule has 3 rings (SSSR count). The number of nitrogens with zero attached hydrogens (tertiary/aromatic N) is 1. The molecule has 0 fully saturated rings. The van der Waals surface area contributed by atoms with Gasteiger partial charge in [0.1, 0.15) is 6.54 Å². The first-order valence-electron chi connectivity index (χ1n) is 7.92. The highest BCUT2D eigenvalue weighted by Crippen LogP contribution is 2.33. The van der Waals surface area contributed by atoms with Crippen LogP contribution in [-0.2, 0) is 11.3 Å². The molecule has 2 aromatic rings. The van der Waals surface area contributed by atoms with Gasteiger partial charge in [0.15, 0.2) is 11.6 Å². The van der Waals surface area contributed by atoms with Gasteiger partial charge in [-0.15, -0.1) is 0 Å². The number of ether oxygens (including phenoxy) is 1. The Morgan fingerprint density at radius 3 is 3.04 bits per heavy atom. The minimum absolute atomic E-state index is 0.0683. The molecule has 1 aromatic carbocycles. The number of para-hydroxylation sites is 1. The third-order valence-electron chi connectivity index (χ3n) is 4.06. The van der Waals surface area contributed by atoms with Crippen molar-refractivity contribution in [2.24, 2.45) is 0 Å². The van der Waals surface area contributed by atoms with Gasteiger partial charge in [0.25, 0.3) is 5.56 Å². The van der Waals surface area contributed by atoms with Gasteiger partial charge in [0.2, 0.25) is 5.91 Å². The summed E-state index contributed by atoms with van der Waals surface area (Å²) in [4.78, 5) is 24.2. The van der Waals surface area contributed by atoms with Crippen LogP contribution in [0.5, 0.6) is 5.75 Å². The van der Waals surface area contributed by atoms with Crippen molar-refractivity contribution in [3.05, 3.63) is 63.8 Å². The number of rotatable bonds is 3. The van der Waals surface area contributed by atoms with Crippen LogP contribution in [0.25, 0.3) is 0 Å². The Labute approximate surface area is 139 Å². The second-order valence-electron chi connectivity index (χ2n) is 5.94. The maximum atomic E-state index is 13.9. The topological polar surface area (TPSA) is 60.3 Å². The summed E-state index contributed by atoms with van der Waals surface area (Å²) in [6, 6.07) is 7.64. The van der Waals surface area contributed by atoms with E-state index in [1.807, 2.05) is 6.92 Å². The average molecular weight is 330 g/mol. The van der Waals surface area contributed by atoms with Gasteiger partial charge in [0, 0.05) is 17.8 Å². The lowest BCUT2D eigenvalue weighted by atomic mass is 10.0. The molecule has 0 spiro atoms. The monoisotopic (exact) mass is 330 g/mol. The number of hydrogen-bond acceptors (Lipinski definition) is 3. The van der Waals surface area contributed by atoms with E-state index < -0.39 is 5.82 Å². The molecular weight excluding hydrogens is 311 g/mol. The number of amides is 1. The summed E-state index contributed by atoms with van der Waals surface area (Å²) in [6.45, 7) is 2.17. The van der Waals surface area contributed by atoms with Crippen molar-refractivity contribution in [1.29, 1.82) is 0 Å². The fourth-order valence-corrected chi connectivity index (χ4v) is 2.85. The first-order chi connectivity index (χ1) is 11.5. The minimum atomic E-state index is -0.427. The predicted molar refractivity (Wildman–Crippen MR) is 87.5 cm³/mol. The van der Waals surface area contributed by atoms with E-state index in [0.29, 0.717) is 25.0 Å². The van der Waals surface area contributed by atoms with Crippen molar-refractivity contribution in [3.8, 4) is 5.75 Å². The molecule has 2 heterocycles. The SMILES string of the molecule is Cc1ccn(CC(=O)NC2CCCOc3c(F)cccc32)c(=O)c1. The van der Waals surface area contributed by atoms with E-state index in [0.717, 1.165) is 5.56 Å². The Hall–Kier alpha value is -2.63. The molecule has 24 heavy (non-hydrogen) atoms. The number of carbonyl (C=O) groups excluding carboxylic acids is 1. The molecule has 1 atom stereocenters. The van der Waals surface area contributed by atoms with E-state index >= 15 is 0 Å². The van der Waals surface area contributed by atoms with Crippen LogP contribution in [0, 0.1) is 12.7 Å². The van der Waals surface area contributed by atoms with Gasteiger partial charge in [-0.25, -0.2) is 4.39 Å². The molecule has 5 nitrogen and oxygen atoms in total. The van der Waals surface area contributed by atoms with Crippen molar-refractivity contribution < 1.29 is 13.9 Å². The van der Waals surface area contributed by atoms with E-state index in [4.69, 9.17) is 4.74 Å². The zero-order valence-corrected chi connectivity index (χ0v) is 13.4. The Balaban J connectivity index is 1.77. The zero-order chi connectivity index (χ0) is 17.1. The minimum Gasteiger partial charge on any atom is -0.490 e. The fourth-order valence-electron chi connectivity index (χ4n) is 2.85. The highest BCUT2D eigenvalue weighted by Gasteiger charge is 2.23. The quantitative estimate of drug-likeness (QED) is 0.939. The van der Waals surface area contributed by atoms with E-state index in [9.17, 15) is 14.0 Å². The van der Waals surface area contributed by atoms with Crippen molar-refractivity contribution in [3.63, 3.8) is 0 Å². The normalized spacial score (nSPS) is 16.7. The first kappa shape index (κ1) is 16.2. The van der Waals surface area contributed by atoms with Gasteiger partial charge >= 0.3 is 0 Å². The summed E-state index contributed by atoms with van der Waals surface area (Å²) in [6.07, 6.45) is 2.97. The number of halogens is 1. The van der Waals surface area contributed by atoms with Gasteiger partial charge in [0.05, 0.1) is 12.6 Å². The van der Waals surface area contributed by atoms with Crippen LogP contribution >= 0.6 is 0 Å². The molecule has 1 aromatic heterocycles. The number of pyridine rings is 1. The van der Waals surface area contributed by atoms with Gasteiger partial charge in [-0.05, 0) is 37.5 Å². The molecule has 0 radical (unpaired) electrons. The number of nitrogens with one attached hydrogen (secondary N) is 1. The van der Waals surface area contributed by atoms with E-state index in [1.54, 1.807) is 24.4 Å². The van der Waals surface area contributed by atoms with Crippen molar-refractivity contribution in [1.82, 2.24) is 9.88 Å². The molecule has 0 aliphatic carbocycles.